The zero-order valence-electron chi connectivity index (χ0n) is 36.7. The van der Waals surface area contributed by atoms with Crippen molar-refractivity contribution in [1.29, 1.82) is 0 Å². The van der Waals surface area contributed by atoms with Gasteiger partial charge in [-0.25, -0.2) is 18.1 Å². The molecule has 0 radical (unpaired) electrons. The molecule has 2 saturated heterocycles. The van der Waals surface area contributed by atoms with Gasteiger partial charge in [0.15, 0.2) is 5.75 Å². The van der Waals surface area contributed by atoms with Gasteiger partial charge in [-0.15, -0.1) is 0 Å². The number of sulfonamides is 1. The third-order valence-electron chi connectivity index (χ3n) is 12.9. The number of aromatic nitrogens is 2. The van der Waals surface area contributed by atoms with Crippen molar-refractivity contribution in [3.63, 3.8) is 0 Å². The van der Waals surface area contributed by atoms with Gasteiger partial charge in [0.25, 0.3) is 15.9 Å². The second-order valence-electron chi connectivity index (χ2n) is 18.2. The third kappa shape index (κ3) is 10.1. The summed E-state index contributed by atoms with van der Waals surface area (Å²) >= 11 is 6.25. The van der Waals surface area contributed by atoms with Gasteiger partial charge >= 0.3 is 5.69 Å². The average Bonchev–Trinajstić information content (AvgIpc) is 3.76. The van der Waals surface area contributed by atoms with Crippen LogP contribution in [-0.2, 0) is 10.0 Å². The Kier molecular flexibility index (Phi) is 12.5. The molecule has 9 rings (SSSR count). The summed E-state index contributed by atoms with van der Waals surface area (Å²) in [6.07, 6.45) is 5.96. The van der Waals surface area contributed by atoms with E-state index in [0.717, 1.165) is 93.3 Å². The smallest absolute Gasteiger partial charge is 0.316 e. The second-order valence-corrected chi connectivity index (χ2v) is 20.3. The van der Waals surface area contributed by atoms with E-state index >= 15 is 0 Å². The van der Waals surface area contributed by atoms with Crippen molar-refractivity contribution in [2.75, 3.05) is 84.0 Å². The van der Waals surface area contributed by atoms with Crippen molar-refractivity contribution in [3.05, 3.63) is 111 Å². The number of fused-ring (bicyclic) bond motifs is 2. The van der Waals surface area contributed by atoms with Crippen LogP contribution >= 0.6 is 11.6 Å². The molecule has 5 heterocycles. The summed E-state index contributed by atoms with van der Waals surface area (Å²) in [6, 6.07) is 18.8. The highest BCUT2D eigenvalue weighted by molar-refractivity contribution is 7.90. The van der Waals surface area contributed by atoms with Gasteiger partial charge in [0.05, 0.1) is 21.6 Å². The molecule has 3 aliphatic heterocycles. The number of carbonyl (C=O) groups excluding carboxylic acids is 1. The number of hydrogen-bond acceptors (Lipinski definition) is 13. The topological polar surface area (TPSA) is 176 Å². The van der Waals surface area contributed by atoms with Gasteiger partial charge in [0.1, 0.15) is 29.9 Å². The first-order chi connectivity index (χ1) is 31.2. The van der Waals surface area contributed by atoms with Crippen LogP contribution in [0.5, 0.6) is 23.0 Å². The van der Waals surface area contributed by atoms with Crippen molar-refractivity contribution in [3.8, 4) is 23.0 Å². The minimum atomic E-state index is -4.68. The molecule has 0 spiro atoms. The Morgan fingerprint density at radius 2 is 1.75 bits per heavy atom. The van der Waals surface area contributed by atoms with Crippen LogP contribution in [0.15, 0.2) is 89.6 Å². The van der Waals surface area contributed by atoms with Gasteiger partial charge in [-0.2, -0.15) is 0 Å². The maximum atomic E-state index is 14.1. The zero-order chi connectivity index (χ0) is 45.5. The first-order valence-corrected chi connectivity index (χ1v) is 23.8. The van der Waals surface area contributed by atoms with E-state index < -0.39 is 37.5 Å². The Bertz CT molecular complexity index is 2750. The van der Waals surface area contributed by atoms with Crippen LogP contribution in [0.4, 0.5) is 11.4 Å². The Balaban J connectivity index is 0.933. The number of hydrogen-bond donors (Lipinski definition) is 2. The number of benzene rings is 3. The molecule has 5 aromatic rings. The molecule has 0 saturated carbocycles. The monoisotopic (exact) mass is 924 g/mol. The van der Waals surface area contributed by atoms with Crippen molar-refractivity contribution in [1.82, 2.24) is 29.4 Å². The summed E-state index contributed by atoms with van der Waals surface area (Å²) in [4.78, 5) is 41.7. The highest BCUT2D eigenvalue weighted by Gasteiger charge is 2.35. The highest BCUT2D eigenvalue weighted by atomic mass is 35.5. The SMILES string of the molecule is CN1CCN(C[C@@H]2COc3cc(S(=O)(=O)NC(=O)c4ccc(N5CCN(CC6=C(c7ccc(Cl)cc7)CC(C)(C)CC6)CC5)cc4Oc4cnc5[nH]ccc5c4)cc([N+](=O)[O-])c3O2)CC1. The number of aromatic amines is 1. The lowest BCUT2D eigenvalue weighted by molar-refractivity contribution is -0.386. The fourth-order valence-electron chi connectivity index (χ4n) is 9.09. The van der Waals surface area contributed by atoms with E-state index in [9.17, 15) is 23.3 Å². The first kappa shape index (κ1) is 44.5. The zero-order valence-corrected chi connectivity index (χ0v) is 38.3. The number of nitrogens with zero attached hydrogens (tertiary/aromatic N) is 6. The van der Waals surface area contributed by atoms with Gasteiger partial charge in [0.2, 0.25) is 5.75 Å². The molecule has 18 heteroatoms. The number of amides is 1. The predicted octanol–water partition coefficient (Wildman–Crippen LogP) is 7.21. The Labute approximate surface area is 383 Å². The largest absolute Gasteiger partial charge is 0.485 e. The number of likely N-dealkylation sites (N-methyl/N-ethyl adjacent to an activating group) is 1. The average molecular weight is 926 g/mol. The van der Waals surface area contributed by atoms with Crippen molar-refractivity contribution >= 4 is 55.5 Å². The molecule has 2 N–H and O–H groups in total. The predicted molar refractivity (Wildman–Crippen MR) is 249 cm³/mol. The Hall–Kier alpha value is -5.72. The van der Waals surface area contributed by atoms with Crippen molar-refractivity contribution in [2.45, 2.75) is 44.1 Å². The van der Waals surface area contributed by atoms with Gasteiger partial charge in [0, 0.05) is 106 Å². The number of piperazine rings is 2. The normalized spacial score (nSPS) is 19.6. The molecule has 1 aliphatic carbocycles. The van der Waals surface area contributed by atoms with E-state index in [1.54, 1.807) is 24.4 Å². The van der Waals surface area contributed by atoms with Crippen LogP contribution in [0, 0.1) is 15.5 Å². The number of allylic oxidation sites excluding steroid dienone is 1. The number of nitro benzene ring substituents is 1. The molecule has 1 atom stereocenters. The van der Waals surface area contributed by atoms with Crippen molar-refractivity contribution < 1.29 is 32.3 Å². The molecular weight excluding hydrogens is 872 g/mol. The number of ether oxygens (including phenoxy) is 3. The van der Waals surface area contributed by atoms with Crippen LogP contribution < -0.4 is 23.8 Å². The maximum Gasteiger partial charge on any atom is 0.316 e. The summed E-state index contributed by atoms with van der Waals surface area (Å²) in [5.74, 6) is -0.786. The van der Waals surface area contributed by atoms with Gasteiger partial charge < -0.3 is 29.0 Å². The third-order valence-corrected chi connectivity index (χ3v) is 14.4. The van der Waals surface area contributed by atoms with E-state index in [2.05, 4.69) is 67.3 Å². The van der Waals surface area contributed by atoms with E-state index in [-0.39, 0.29) is 34.8 Å². The van der Waals surface area contributed by atoms with E-state index in [4.69, 9.17) is 25.8 Å². The molecule has 1 amide bonds. The first-order valence-electron chi connectivity index (χ1n) is 22.0. The lowest BCUT2D eigenvalue weighted by Crippen LogP contribution is -2.49. The van der Waals surface area contributed by atoms with Crippen LogP contribution in [0.3, 0.4) is 0 Å². The lowest BCUT2D eigenvalue weighted by atomic mass is 9.72. The lowest BCUT2D eigenvalue weighted by Gasteiger charge is -2.39. The fraction of sp³-hybridized carbons (Fsp3) is 0.404. The number of nitro groups is 1. The Morgan fingerprint density at radius 3 is 2.51 bits per heavy atom. The molecule has 3 aromatic carbocycles. The summed E-state index contributed by atoms with van der Waals surface area (Å²) in [6.45, 7) is 12.6. The molecule has 65 heavy (non-hydrogen) atoms. The molecule has 2 aromatic heterocycles. The molecule has 342 valence electrons. The van der Waals surface area contributed by atoms with Crippen LogP contribution in [0.2, 0.25) is 5.02 Å². The van der Waals surface area contributed by atoms with Crippen molar-refractivity contribution in [2.24, 2.45) is 5.41 Å². The second kappa shape index (κ2) is 18.3. The fourth-order valence-corrected chi connectivity index (χ4v) is 10.2. The summed E-state index contributed by atoms with van der Waals surface area (Å²) in [5.41, 5.74) is 5.11. The molecule has 0 bridgehead atoms. The molecule has 16 nitrogen and oxygen atoms in total. The van der Waals surface area contributed by atoms with Gasteiger partial charge in [-0.05, 0) is 79.3 Å². The van der Waals surface area contributed by atoms with Crippen LogP contribution in [0.25, 0.3) is 16.6 Å². The summed E-state index contributed by atoms with van der Waals surface area (Å²) in [5, 5.41) is 13.8. The number of anilines is 1. The van der Waals surface area contributed by atoms with Gasteiger partial charge in [-0.1, -0.05) is 43.2 Å². The van der Waals surface area contributed by atoms with E-state index in [0.29, 0.717) is 31.0 Å². The number of carbonyl (C=O) groups is 1. The minimum Gasteiger partial charge on any atom is -0.485 e. The quantitative estimate of drug-likeness (QED) is 0.0950. The minimum absolute atomic E-state index is 0.0641. The molecule has 0 unspecified atom stereocenters. The number of pyridine rings is 1. The summed E-state index contributed by atoms with van der Waals surface area (Å²) < 4.78 is 48.2. The standard InChI is InChI=1S/C47H53ClN8O8S/c1-47(2)12-10-33(40(26-47)31-4-6-34(48)7-5-31)28-53-18-20-55(21-19-53)35-8-9-39(42(23-35)63-36-22-32-11-13-49-45(32)50-27-36)46(57)51-65(60,61)38-24-41(56(58)59)44-43(25-38)62-30-37(64-44)29-54-16-14-52(3)15-17-54/h4-9,11,13,22-25,27,37H,10,12,14-21,26,28-30H2,1-3H3,(H,49,50)(H,51,57)/t37-/m1/s1. The van der Waals surface area contributed by atoms with Crippen LogP contribution in [0.1, 0.15) is 49.0 Å². The molecule has 4 aliphatic rings. The summed E-state index contributed by atoms with van der Waals surface area (Å²) in [7, 11) is -2.63. The maximum absolute atomic E-state index is 14.1. The molecular formula is C47H53ClN8O8S. The van der Waals surface area contributed by atoms with E-state index in [1.807, 2.05) is 18.2 Å². The Morgan fingerprint density at radius 1 is 1.00 bits per heavy atom. The van der Waals surface area contributed by atoms with E-state index in [1.165, 1.54) is 29.0 Å². The highest BCUT2D eigenvalue weighted by Crippen LogP contribution is 2.45. The number of H-pyrrole nitrogens is 1. The number of halogens is 1. The van der Waals surface area contributed by atoms with Gasteiger partial charge in [-0.3, -0.25) is 24.7 Å². The number of nitrogens with one attached hydrogen (secondary N) is 2. The number of rotatable bonds is 12. The molecule has 2 fully saturated rings. The van der Waals surface area contributed by atoms with Crippen LogP contribution in [-0.4, -0.2) is 129 Å².